The van der Waals surface area contributed by atoms with Crippen molar-refractivity contribution in [2.75, 3.05) is 25.8 Å². The second-order valence-corrected chi connectivity index (χ2v) is 8.07. The van der Waals surface area contributed by atoms with Gasteiger partial charge in [-0.15, -0.1) is 0 Å². The summed E-state index contributed by atoms with van der Waals surface area (Å²) in [6.07, 6.45) is 0. The Morgan fingerprint density at radius 2 is 1.80 bits per heavy atom. The predicted octanol–water partition coefficient (Wildman–Crippen LogP) is 5.09. The number of rotatable bonds is 6. The smallest absolute Gasteiger partial charge is 0.343 e. The molecule has 0 saturated heterocycles. The van der Waals surface area contributed by atoms with Crippen LogP contribution in [0.1, 0.15) is 10.4 Å². The molecule has 35 heavy (non-hydrogen) atoms. The maximum absolute atomic E-state index is 12.8. The molecule has 0 saturated carbocycles. The lowest BCUT2D eigenvalue weighted by atomic mass is 10.1. The van der Waals surface area contributed by atoms with Gasteiger partial charge in [0.1, 0.15) is 5.75 Å². The molecule has 3 aromatic carbocycles. The molecule has 5 rings (SSSR count). The van der Waals surface area contributed by atoms with Crippen LogP contribution in [0.25, 0.3) is 22.2 Å². The number of carbonyl (C=O) groups excluding carboxylic acids is 2. The number of halogens is 1. The van der Waals surface area contributed by atoms with Crippen LogP contribution >= 0.6 is 11.6 Å². The average molecular weight is 491 g/mol. The third-order valence-corrected chi connectivity index (χ3v) is 5.63. The minimum absolute atomic E-state index is 0.129. The SMILES string of the molecule is COC(=O)COc1cc(-c2ccc(Cl)cc2)nc2ccc(NC(=O)c3ccc4c(c3)OCO4)cc12. The number of nitrogens with zero attached hydrogens (tertiary/aromatic N) is 1. The molecule has 0 radical (unpaired) electrons. The number of hydrogen-bond acceptors (Lipinski definition) is 7. The van der Waals surface area contributed by atoms with Crippen LogP contribution in [0.5, 0.6) is 17.2 Å². The van der Waals surface area contributed by atoms with Crippen LogP contribution in [-0.4, -0.2) is 37.4 Å². The summed E-state index contributed by atoms with van der Waals surface area (Å²) in [7, 11) is 1.29. The average Bonchev–Trinajstić information content (AvgIpc) is 3.35. The number of aromatic nitrogens is 1. The summed E-state index contributed by atoms with van der Waals surface area (Å²) in [6.45, 7) is -0.145. The number of benzene rings is 3. The minimum atomic E-state index is -0.518. The van der Waals surface area contributed by atoms with Crippen LogP contribution in [-0.2, 0) is 9.53 Å². The highest BCUT2D eigenvalue weighted by Crippen LogP contribution is 2.34. The monoisotopic (exact) mass is 490 g/mol. The van der Waals surface area contributed by atoms with E-state index in [0.29, 0.717) is 50.1 Å². The summed E-state index contributed by atoms with van der Waals surface area (Å²) in [5, 5.41) is 4.10. The molecule has 1 aliphatic heterocycles. The molecule has 1 aromatic heterocycles. The Hall–Kier alpha value is -4.30. The largest absolute Gasteiger partial charge is 0.481 e. The third kappa shape index (κ3) is 4.83. The van der Waals surface area contributed by atoms with E-state index in [1.807, 2.05) is 12.1 Å². The van der Waals surface area contributed by atoms with E-state index in [0.717, 1.165) is 5.56 Å². The van der Waals surface area contributed by atoms with Crippen molar-refractivity contribution in [3.8, 4) is 28.5 Å². The van der Waals surface area contributed by atoms with Gasteiger partial charge in [-0.1, -0.05) is 23.7 Å². The molecule has 2 heterocycles. The van der Waals surface area contributed by atoms with Crippen molar-refractivity contribution in [2.45, 2.75) is 0 Å². The van der Waals surface area contributed by atoms with Crippen LogP contribution < -0.4 is 19.5 Å². The Balaban J connectivity index is 1.48. The summed E-state index contributed by atoms with van der Waals surface area (Å²) < 4.78 is 21.1. The molecule has 1 N–H and O–H groups in total. The van der Waals surface area contributed by atoms with E-state index in [4.69, 9.17) is 35.5 Å². The first-order valence-electron chi connectivity index (χ1n) is 10.6. The van der Waals surface area contributed by atoms with Crippen LogP contribution in [0.4, 0.5) is 5.69 Å². The summed E-state index contributed by atoms with van der Waals surface area (Å²) in [4.78, 5) is 29.3. The quantitative estimate of drug-likeness (QED) is 0.376. The first-order valence-corrected chi connectivity index (χ1v) is 11.0. The van der Waals surface area contributed by atoms with Crippen molar-refractivity contribution in [1.82, 2.24) is 4.98 Å². The van der Waals surface area contributed by atoms with Gasteiger partial charge >= 0.3 is 5.97 Å². The van der Waals surface area contributed by atoms with Gasteiger partial charge in [0, 0.05) is 33.3 Å². The number of nitrogens with one attached hydrogen (secondary N) is 1. The Bertz CT molecular complexity index is 1440. The number of pyridine rings is 1. The van der Waals surface area contributed by atoms with Crippen molar-refractivity contribution < 1.29 is 28.5 Å². The van der Waals surface area contributed by atoms with Crippen molar-refractivity contribution in [3.05, 3.63) is 77.3 Å². The maximum Gasteiger partial charge on any atom is 0.343 e. The topological polar surface area (TPSA) is 96.0 Å². The van der Waals surface area contributed by atoms with Crippen LogP contribution in [0, 0.1) is 0 Å². The minimum Gasteiger partial charge on any atom is -0.481 e. The van der Waals surface area contributed by atoms with Gasteiger partial charge in [-0.25, -0.2) is 9.78 Å². The molecule has 0 fully saturated rings. The van der Waals surface area contributed by atoms with Gasteiger partial charge in [0.05, 0.1) is 18.3 Å². The van der Waals surface area contributed by atoms with Gasteiger partial charge in [0.15, 0.2) is 18.1 Å². The molecular weight excluding hydrogens is 472 g/mol. The van der Waals surface area contributed by atoms with E-state index in [1.54, 1.807) is 54.6 Å². The second kappa shape index (κ2) is 9.52. The van der Waals surface area contributed by atoms with E-state index < -0.39 is 5.97 Å². The summed E-state index contributed by atoms with van der Waals surface area (Å²) in [5.41, 5.74) is 3.06. The van der Waals surface area contributed by atoms with E-state index >= 15 is 0 Å². The Labute approximate surface area is 205 Å². The van der Waals surface area contributed by atoms with Crippen molar-refractivity contribution in [3.63, 3.8) is 0 Å². The molecule has 0 atom stereocenters. The number of esters is 1. The lowest BCUT2D eigenvalue weighted by Crippen LogP contribution is -2.13. The van der Waals surface area contributed by atoms with Gasteiger partial charge in [-0.3, -0.25) is 4.79 Å². The second-order valence-electron chi connectivity index (χ2n) is 7.63. The number of ether oxygens (including phenoxy) is 4. The fourth-order valence-corrected chi connectivity index (χ4v) is 3.72. The lowest BCUT2D eigenvalue weighted by molar-refractivity contribution is -0.142. The van der Waals surface area contributed by atoms with Gasteiger partial charge in [-0.05, 0) is 48.5 Å². The Morgan fingerprint density at radius 3 is 2.60 bits per heavy atom. The standard InChI is InChI=1S/C26H19ClN2O6/c1-32-25(30)13-33-23-12-21(15-2-5-17(27)6-3-15)29-20-8-7-18(11-19(20)23)28-26(31)16-4-9-22-24(10-16)35-14-34-22/h2-12H,13-14H2,1H3,(H,28,31). The Kier molecular flexibility index (Phi) is 6.12. The molecule has 1 aliphatic rings. The fourth-order valence-electron chi connectivity index (χ4n) is 3.60. The molecule has 1 amide bonds. The molecule has 4 aromatic rings. The van der Waals surface area contributed by atoms with Crippen LogP contribution in [0.15, 0.2) is 66.7 Å². The van der Waals surface area contributed by atoms with Crippen LogP contribution in [0.3, 0.4) is 0 Å². The number of anilines is 1. The van der Waals surface area contributed by atoms with E-state index in [-0.39, 0.29) is 19.3 Å². The molecule has 0 unspecified atom stereocenters. The van der Waals surface area contributed by atoms with Gasteiger partial charge in [-0.2, -0.15) is 0 Å². The zero-order valence-electron chi connectivity index (χ0n) is 18.5. The van der Waals surface area contributed by atoms with Crippen molar-refractivity contribution >= 4 is 40.1 Å². The number of carbonyl (C=O) groups is 2. The molecule has 0 aliphatic carbocycles. The molecule has 176 valence electrons. The van der Waals surface area contributed by atoms with E-state index in [2.05, 4.69) is 5.32 Å². The fraction of sp³-hybridized carbons (Fsp3) is 0.115. The van der Waals surface area contributed by atoms with E-state index in [1.165, 1.54) is 7.11 Å². The number of fused-ring (bicyclic) bond motifs is 2. The highest BCUT2D eigenvalue weighted by molar-refractivity contribution is 6.30. The van der Waals surface area contributed by atoms with Gasteiger partial charge in [0.25, 0.3) is 5.91 Å². The zero-order chi connectivity index (χ0) is 24.4. The lowest BCUT2D eigenvalue weighted by Gasteiger charge is -2.13. The first-order chi connectivity index (χ1) is 17.0. The van der Waals surface area contributed by atoms with Crippen molar-refractivity contribution in [2.24, 2.45) is 0 Å². The van der Waals surface area contributed by atoms with Gasteiger partial charge in [0.2, 0.25) is 6.79 Å². The zero-order valence-corrected chi connectivity index (χ0v) is 19.3. The molecule has 9 heteroatoms. The third-order valence-electron chi connectivity index (χ3n) is 5.38. The highest BCUT2D eigenvalue weighted by Gasteiger charge is 2.17. The Morgan fingerprint density at radius 1 is 1.00 bits per heavy atom. The normalized spacial score (nSPS) is 11.8. The summed E-state index contributed by atoms with van der Waals surface area (Å²) in [6, 6.07) is 19.2. The number of amides is 1. The molecule has 8 nitrogen and oxygen atoms in total. The molecule has 0 spiro atoms. The molecular formula is C26H19ClN2O6. The van der Waals surface area contributed by atoms with E-state index in [9.17, 15) is 9.59 Å². The summed E-state index contributed by atoms with van der Waals surface area (Å²) >= 11 is 6.01. The van der Waals surface area contributed by atoms with Crippen molar-refractivity contribution in [1.29, 1.82) is 0 Å². The van der Waals surface area contributed by atoms with Gasteiger partial charge < -0.3 is 24.3 Å². The summed E-state index contributed by atoms with van der Waals surface area (Å²) in [5.74, 6) is 0.709. The molecule has 0 bridgehead atoms. The van der Waals surface area contributed by atoms with Crippen LogP contribution in [0.2, 0.25) is 5.02 Å². The number of methoxy groups -OCH3 is 1. The maximum atomic E-state index is 12.8. The first kappa shape index (κ1) is 22.5. The number of hydrogen-bond donors (Lipinski definition) is 1. The predicted molar refractivity (Wildman–Crippen MR) is 130 cm³/mol. The highest BCUT2D eigenvalue weighted by atomic mass is 35.5.